The quantitative estimate of drug-likeness (QED) is 0.471. The highest BCUT2D eigenvalue weighted by Gasteiger charge is 2.13. The van der Waals surface area contributed by atoms with Crippen LogP contribution in [0.4, 0.5) is 5.69 Å². The van der Waals surface area contributed by atoms with E-state index in [1.807, 2.05) is 0 Å². The minimum absolute atomic E-state index is 0.0364. The highest BCUT2D eigenvalue weighted by Crippen LogP contribution is 2.23. The van der Waals surface area contributed by atoms with Crippen LogP contribution in [0.25, 0.3) is 10.2 Å². The molecule has 2 rings (SSSR count). The summed E-state index contributed by atoms with van der Waals surface area (Å²) >= 11 is 1.17. The average Bonchev–Trinajstić information content (AvgIpc) is 2.80. The zero-order chi connectivity index (χ0) is 17.0. The van der Waals surface area contributed by atoms with E-state index in [0.29, 0.717) is 21.6 Å². The van der Waals surface area contributed by atoms with Crippen molar-refractivity contribution in [3.8, 4) is 0 Å². The minimum atomic E-state index is -0.482. The highest BCUT2D eigenvalue weighted by molar-refractivity contribution is 7.16. The van der Waals surface area contributed by atoms with Crippen molar-refractivity contribution in [3.05, 3.63) is 33.1 Å². The van der Waals surface area contributed by atoms with E-state index in [-0.39, 0.29) is 30.5 Å². The number of nitrogens with zero attached hydrogens (tertiary/aromatic N) is 3. The Labute approximate surface area is 135 Å². The van der Waals surface area contributed by atoms with Gasteiger partial charge in [-0.1, -0.05) is 11.3 Å². The number of hydrogen-bond acceptors (Lipinski definition) is 6. The number of aromatic nitrogens is 1. The maximum atomic E-state index is 11.5. The summed E-state index contributed by atoms with van der Waals surface area (Å²) in [6.45, 7) is 3.62. The van der Waals surface area contributed by atoms with Crippen LogP contribution in [0.1, 0.15) is 20.3 Å². The van der Waals surface area contributed by atoms with E-state index in [2.05, 4.69) is 4.99 Å². The monoisotopic (exact) mass is 337 g/mol. The number of esters is 1. The van der Waals surface area contributed by atoms with Crippen LogP contribution in [0.15, 0.2) is 23.2 Å². The molecule has 0 aliphatic carbocycles. The predicted octanol–water partition coefficient (Wildman–Crippen LogP) is 2.01. The van der Waals surface area contributed by atoms with Gasteiger partial charge < -0.3 is 9.30 Å². The van der Waals surface area contributed by atoms with E-state index in [1.54, 1.807) is 17.6 Å². The van der Waals surface area contributed by atoms with Gasteiger partial charge in [0.25, 0.3) is 5.69 Å². The van der Waals surface area contributed by atoms with E-state index >= 15 is 0 Å². The van der Waals surface area contributed by atoms with Crippen LogP contribution in [-0.2, 0) is 20.9 Å². The van der Waals surface area contributed by atoms with Crippen molar-refractivity contribution in [2.45, 2.75) is 26.8 Å². The number of nitro groups is 1. The summed E-state index contributed by atoms with van der Waals surface area (Å²) in [5.74, 6) is -0.731. The molecule has 0 spiro atoms. The van der Waals surface area contributed by atoms with Crippen LogP contribution in [0.2, 0.25) is 0 Å². The van der Waals surface area contributed by atoms with Gasteiger partial charge in [0.1, 0.15) is 0 Å². The molecule has 0 unspecified atom stereocenters. The standard InChI is InChI=1S/C14H15N3O5S/c1-3-22-13(19)6-7-16-11-5-4-10(17(20)21)8-12(11)23-14(16)15-9(2)18/h4-5,8H,3,6-7H2,1-2H3. The normalized spacial score (nSPS) is 11.7. The fraction of sp³-hybridized carbons (Fsp3) is 0.357. The van der Waals surface area contributed by atoms with E-state index in [0.717, 1.165) is 0 Å². The summed E-state index contributed by atoms with van der Waals surface area (Å²) in [6.07, 6.45) is 0.127. The SMILES string of the molecule is CCOC(=O)CCn1c(=NC(C)=O)sc2cc([N+](=O)[O-])ccc21. The molecule has 0 aliphatic rings. The van der Waals surface area contributed by atoms with Crippen LogP contribution in [0, 0.1) is 10.1 Å². The lowest BCUT2D eigenvalue weighted by atomic mass is 10.3. The number of nitro benzene ring substituents is 1. The molecule has 0 fully saturated rings. The first-order valence-electron chi connectivity index (χ1n) is 6.91. The molecule has 122 valence electrons. The number of carbonyl (C=O) groups is 2. The predicted molar refractivity (Wildman–Crippen MR) is 84.0 cm³/mol. The first kappa shape index (κ1) is 16.8. The summed E-state index contributed by atoms with van der Waals surface area (Å²) in [4.78, 5) is 37.5. The Morgan fingerprint density at radius 3 is 2.78 bits per heavy atom. The van der Waals surface area contributed by atoms with Crippen molar-refractivity contribution < 1.29 is 19.2 Å². The number of rotatable bonds is 5. The Kier molecular flexibility index (Phi) is 5.22. The molecule has 2 aromatic rings. The third-order valence-electron chi connectivity index (χ3n) is 2.98. The number of aryl methyl sites for hydroxylation is 1. The fourth-order valence-corrected chi connectivity index (χ4v) is 3.18. The number of carbonyl (C=O) groups excluding carboxylic acids is 2. The molecule has 0 saturated heterocycles. The molecule has 0 saturated carbocycles. The zero-order valence-corrected chi connectivity index (χ0v) is 13.5. The van der Waals surface area contributed by atoms with E-state index in [1.165, 1.54) is 30.4 Å². The van der Waals surface area contributed by atoms with Gasteiger partial charge in [-0.15, -0.1) is 0 Å². The summed E-state index contributed by atoms with van der Waals surface area (Å²) in [5.41, 5.74) is 0.649. The van der Waals surface area contributed by atoms with Gasteiger partial charge in [-0.05, 0) is 13.0 Å². The molecule has 0 atom stereocenters. The molecule has 1 amide bonds. The van der Waals surface area contributed by atoms with Gasteiger partial charge in [-0.25, -0.2) is 0 Å². The molecule has 8 nitrogen and oxygen atoms in total. The number of fused-ring (bicyclic) bond motifs is 1. The molecule has 0 N–H and O–H groups in total. The lowest BCUT2D eigenvalue weighted by Gasteiger charge is -2.05. The Hall–Kier alpha value is -2.55. The number of benzene rings is 1. The second-order valence-electron chi connectivity index (χ2n) is 4.63. The Morgan fingerprint density at radius 1 is 1.43 bits per heavy atom. The van der Waals surface area contributed by atoms with Crippen molar-refractivity contribution in [1.29, 1.82) is 0 Å². The molecule has 0 radical (unpaired) electrons. The number of ether oxygens (including phenoxy) is 1. The largest absolute Gasteiger partial charge is 0.466 e. The number of thiazole rings is 1. The second kappa shape index (κ2) is 7.14. The van der Waals surface area contributed by atoms with Gasteiger partial charge in [0.15, 0.2) is 4.80 Å². The molecular weight excluding hydrogens is 322 g/mol. The van der Waals surface area contributed by atoms with Gasteiger partial charge >= 0.3 is 5.97 Å². The maximum absolute atomic E-state index is 11.5. The van der Waals surface area contributed by atoms with Crippen molar-refractivity contribution in [3.63, 3.8) is 0 Å². The zero-order valence-electron chi connectivity index (χ0n) is 12.6. The van der Waals surface area contributed by atoms with Gasteiger partial charge in [0.2, 0.25) is 5.91 Å². The lowest BCUT2D eigenvalue weighted by Crippen LogP contribution is -2.19. The summed E-state index contributed by atoms with van der Waals surface area (Å²) in [5, 5.41) is 10.9. The van der Waals surface area contributed by atoms with Crippen LogP contribution < -0.4 is 4.80 Å². The topological polar surface area (TPSA) is 104 Å². The number of hydrogen-bond donors (Lipinski definition) is 0. The Balaban J connectivity index is 2.48. The molecule has 1 aromatic heterocycles. The smallest absolute Gasteiger partial charge is 0.307 e. The van der Waals surface area contributed by atoms with Crippen LogP contribution in [0.5, 0.6) is 0 Å². The third kappa shape index (κ3) is 4.01. The van der Waals surface area contributed by atoms with Crippen LogP contribution in [-0.4, -0.2) is 28.0 Å². The molecule has 1 heterocycles. The van der Waals surface area contributed by atoms with E-state index in [9.17, 15) is 19.7 Å². The van der Waals surface area contributed by atoms with Crippen LogP contribution >= 0.6 is 11.3 Å². The van der Waals surface area contributed by atoms with Crippen molar-refractivity contribution in [1.82, 2.24) is 4.57 Å². The summed E-state index contributed by atoms with van der Waals surface area (Å²) in [7, 11) is 0. The average molecular weight is 337 g/mol. The lowest BCUT2D eigenvalue weighted by molar-refractivity contribution is -0.384. The fourth-order valence-electron chi connectivity index (χ4n) is 2.05. The Morgan fingerprint density at radius 2 is 2.17 bits per heavy atom. The molecule has 1 aromatic carbocycles. The van der Waals surface area contributed by atoms with Crippen LogP contribution in [0.3, 0.4) is 0 Å². The summed E-state index contributed by atoms with van der Waals surface area (Å²) in [6, 6.07) is 4.40. The highest BCUT2D eigenvalue weighted by atomic mass is 32.1. The maximum Gasteiger partial charge on any atom is 0.307 e. The first-order valence-corrected chi connectivity index (χ1v) is 7.72. The molecule has 0 bridgehead atoms. The summed E-state index contributed by atoms with van der Waals surface area (Å²) < 4.78 is 7.21. The van der Waals surface area contributed by atoms with Gasteiger partial charge in [0, 0.05) is 25.6 Å². The second-order valence-corrected chi connectivity index (χ2v) is 5.64. The third-order valence-corrected chi connectivity index (χ3v) is 4.02. The van der Waals surface area contributed by atoms with Gasteiger partial charge in [0.05, 0.1) is 28.2 Å². The van der Waals surface area contributed by atoms with Crippen molar-refractivity contribution in [2.24, 2.45) is 4.99 Å². The molecule has 9 heteroatoms. The number of non-ortho nitro benzene ring substituents is 1. The van der Waals surface area contributed by atoms with Gasteiger partial charge in [-0.3, -0.25) is 19.7 Å². The molecule has 23 heavy (non-hydrogen) atoms. The molecule has 0 aliphatic heterocycles. The van der Waals surface area contributed by atoms with Crippen molar-refractivity contribution >= 4 is 39.1 Å². The Bertz CT molecular complexity index is 837. The van der Waals surface area contributed by atoms with E-state index in [4.69, 9.17) is 4.74 Å². The first-order chi connectivity index (χ1) is 10.9. The van der Waals surface area contributed by atoms with Gasteiger partial charge in [-0.2, -0.15) is 4.99 Å². The van der Waals surface area contributed by atoms with E-state index < -0.39 is 4.92 Å². The molecular formula is C14H15N3O5S. The number of amides is 1. The minimum Gasteiger partial charge on any atom is -0.466 e. The van der Waals surface area contributed by atoms with Crippen molar-refractivity contribution in [2.75, 3.05) is 6.61 Å².